The van der Waals surface area contributed by atoms with E-state index in [9.17, 15) is 29.6 Å². The van der Waals surface area contributed by atoms with Gasteiger partial charge in [0.1, 0.15) is 17.9 Å². The molecule has 3 aromatic carbocycles. The van der Waals surface area contributed by atoms with Crippen LogP contribution in [-0.4, -0.2) is 35.0 Å². The van der Waals surface area contributed by atoms with Gasteiger partial charge in [-0.25, -0.2) is 9.69 Å². The average Bonchev–Trinajstić information content (AvgIpc) is 2.91. The van der Waals surface area contributed by atoms with E-state index in [1.165, 1.54) is 49.6 Å². The van der Waals surface area contributed by atoms with Crippen LogP contribution in [0.25, 0.3) is 6.08 Å². The molecule has 0 aliphatic carbocycles. The summed E-state index contributed by atoms with van der Waals surface area (Å²) in [5.41, 5.74) is 1.63. The van der Waals surface area contributed by atoms with Gasteiger partial charge in [-0.3, -0.25) is 25.0 Å². The number of ether oxygens (including phenoxy) is 2. The number of nitro benzene ring substituents is 1. The Morgan fingerprint density at radius 1 is 1.08 bits per heavy atom. The van der Waals surface area contributed by atoms with Crippen LogP contribution in [0.5, 0.6) is 17.2 Å². The van der Waals surface area contributed by atoms with Crippen molar-refractivity contribution in [1.29, 1.82) is 0 Å². The maximum atomic E-state index is 13.2. The summed E-state index contributed by atoms with van der Waals surface area (Å²) in [6, 6.07) is 13.7. The summed E-state index contributed by atoms with van der Waals surface area (Å²) in [7, 11) is 1.44. The number of methoxy groups -OCH3 is 1. The molecule has 1 heterocycles. The van der Waals surface area contributed by atoms with Crippen LogP contribution in [-0.2, 0) is 22.6 Å². The number of allylic oxidation sites excluding steroid dienone is 1. The van der Waals surface area contributed by atoms with E-state index >= 15 is 0 Å². The molecule has 0 aromatic heterocycles. The number of phenolic OH excluding ortho intramolecular Hbond substituents is 1. The monoisotopic (exact) mass is 529 g/mol. The molecule has 1 saturated heterocycles. The molecule has 4 amide bonds. The molecule has 1 aliphatic heterocycles. The van der Waals surface area contributed by atoms with E-state index in [1.807, 2.05) is 0 Å². The maximum Gasteiger partial charge on any atom is 0.335 e. The maximum absolute atomic E-state index is 13.2. The number of carbonyl (C=O) groups excluding carboxylic acids is 3. The SMILES string of the molecule is C=CCc1cc(/C=C2\C(=O)NC(=O)N(c3ccc(O)cc3)C2=O)cc(OC)c1OCc1ccc([N+](=O)[O-])cc1. The largest absolute Gasteiger partial charge is 0.508 e. The van der Waals surface area contributed by atoms with Gasteiger partial charge in [-0.15, -0.1) is 6.58 Å². The summed E-state index contributed by atoms with van der Waals surface area (Å²) in [5, 5.41) is 22.6. The molecular weight excluding hydrogens is 506 g/mol. The molecule has 39 heavy (non-hydrogen) atoms. The lowest BCUT2D eigenvalue weighted by atomic mass is 10.0. The fourth-order valence-electron chi connectivity index (χ4n) is 3.92. The molecule has 1 fully saturated rings. The van der Waals surface area contributed by atoms with Crippen molar-refractivity contribution in [3.05, 3.63) is 106 Å². The number of barbiturate groups is 1. The van der Waals surface area contributed by atoms with Gasteiger partial charge in [0.15, 0.2) is 11.5 Å². The number of aromatic hydroxyl groups is 1. The quantitative estimate of drug-likeness (QED) is 0.137. The van der Waals surface area contributed by atoms with Crippen LogP contribution in [0.2, 0.25) is 0 Å². The molecule has 0 atom stereocenters. The minimum absolute atomic E-state index is 0.0342. The second-order valence-corrected chi connectivity index (χ2v) is 8.39. The Morgan fingerprint density at radius 2 is 1.77 bits per heavy atom. The third-order valence-corrected chi connectivity index (χ3v) is 5.79. The number of non-ortho nitro benzene ring substituents is 1. The zero-order valence-electron chi connectivity index (χ0n) is 20.7. The van der Waals surface area contributed by atoms with Crippen molar-refractivity contribution < 1.29 is 33.9 Å². The molecular formula is C28H23N3O8. The molecule has 0 spiro atoms. The third-order valence-electron chi connectivity index (χ3n) is 5.79. The van der Waals surface area contributed by atoms with Crippen molar-refractivity contribution >= 4 is 35.3 Å². The van der Waals surface area contributed by atoms with Crippen molar-refractivity contribution in [2.45, 2.75) is 13.0 Å². The summed E-state index contributed by atoms with van der Waals surface area (Å²) < 4.78 is 11.5. The normalized spacial score (nSPS) is 14.2. The lowest BCUT2D eigenvalue weighted by molar-refractivity contribution is -0.384. The van der Waals surface area contributed by atoms with E-state index < -0.39 is 22.8 Å². The first-order valence-electron chi connectivity index (χ1n) is 11.6. The Labute approximate surface area is 222 Å². The molecule has 0 radical (unpaired) electrons. The second kappa shape index (κ2) is 11.3. The van der Waals surface area contributed by atoms with Gasteiger partial charge < -0.3 is 14.6 Å². The molecule has 198 valence electrons. The van der Waals surface area contributed by atoms with Gasteiger partial charge in [-0.1, -0.05) is 6.08 Å². The highest BCUT2D eigenvalue weighted by Crippen LogP contribution is 2.35. The molecule has 11 nitrogen and oxygen atoms in total. The predicted molar refractivity (Wildman–Crippen MR) is 141 cm³/mol. The summed E-state index contributed by atoms with van der Waals surface area (Å²) >= 11 is 0. The third kappa shape index (κ3) is 5.77. The van der Waals surface area contributed by atoms with Crippen LogP contribution < -0.4 is 19.7 Å². The second-order valence-electron chi connectivity index (χ2n) is 8.39. The van der Waals surface area contributed by atoms with E-state index in [0.29, 0.717) is 34.6 Å². The molecule has 11 heteroatoms. The standard InChI is InChI=1S/C28H23N3O8/c1-3-4-19-13-18(15-24(38-2)25(19)39-16-17-5-7-21(8-6-17)31(36)37)14-23-26(33)29-28(35)30(27(23)34)20-9-11-22(32)12-10-20/h3,5-15,32H,1,4,16H2,2H3,(H,29,33,35)/b23-14+. The number of nitro groups is 1. The minimum Gasteiger partial charge on any atom is -0.508 e. The van der Waals surface area contributed by atoms with Gasteiger partial charge in [0.25, 0.3) is 17.5 Å². The van der Waals surface area contributed by atoms with E-state index in [0.717, 1.165) is 4.90 Å². The van der Waals surface area contributed by atoms with Crippen molar-refractivity contribution in [3.8, 4) is 17.2 Å². The summed E-state index contributed by atoms with van der Waals surface area (Å²) in [6.07, 6.45) is 3.35. The first kappa shape index (κ1) is 26.6. The Hall–Kier alpha value is -5.45. The van der Waals surface area contributed by atoms with Gasteiger partial charge in [0, 0.05) is 17.7 Å². The molecule has 3 aromatic rings. The highest BCUT2D eigenvalue weighted by Gasteiger charge is 2.37. The number of amides is 4. The Kier molecular flexibility index (Phi) is 7.71. The molecule has 1 aliphatic rings. The predicted octanol–water partition coefficient (Wildman–Crippen LogP) is 4.28. The number of carbonyl (C=O) groups is 3. The van der Waals surface area contributed by atoms with Gasteiger partial charge in [-0.05, 0) is 72.2 Å². The van der Waals surface area contributed by atoms with E-state index in [1.54, 1.807) is 30.3 Å². The number of rotatable bonds is 9. The summed E-state index contributed by atoms with van der Waals surface area (Å²) in [5.74, 6) is -1.02. The average molecular weight is 530 g/mol. The van der Waals surface area contributed by atoms with Crippen molar-refractivity contribution in [2.75, 3.05) is 12.0 Å². The van der Waals surface area contributed by atoms with Gasteiger partial charge >= 0.3 is 6.03 Å². The van der Waals surface area contributed by atoms with E-state index in [4.69, 9.17) is 9.47 Å². The lowest BCUT2D eigenvalue weighted by Gasteiger charge is -2.26. The number of benzene rings is 3. The number of phenols is 1. The topological polar surface area (TPSA) is 148 Å². The zero-order valence-corrected chi connectivity index (χ0v) is 20.7. The van der Waals surface area contributed by atoms with Crippen LogP contribution in [0.4, 0.5) is 16.2 Å². The number of hydrogen-bond acceptors (Lipinski definition) is 8. The van der Waals surface area contributed by atoms with Crippen LogP contribution in [0.3, 0.4) is 0 Å². The summed E-state index contributed by atoms with van der Waals surface area (Å²) in [4.78, 5) is 49.4. The number of nitrogens with zero attached hydrogens (tertiary/aromatic N) is 2. The lowest BCUT2D eigenvalue weighted by Crippen LogP contribution is -2.54. The highest BCUT2D eigenvalue weighted by molar-refractivity contribution is 6.39. The Balaban J connectivity index is 1.66. The van der Waals surface area contributed by atoms with E-state index in [-0.39, 0.29) is 29.3 Å². The number of urea groups is 1. The van der Waals surface area contributed by atoms with Crippen LogP contribution in [0, 0.1) is 10.1 Å². The fourth-order valence-corrected chi connectivity index (χ4v) is 3.92. The van der Waals surface area contributed by atoms with Gasteiger partial charge in [-0.2, -0.15) is 0 Å². The van der Waals surface area contributed by atoms with Crippen LogP contribution >= 0.6 is 0 Å². The van der Waals surface area contributed by atoms with Crippen molar-refractivity contribution in [1.82, 2.24) is 5.32 Å². The Bertz CT molecular complexity index is 1490. The fraction of sp³-hybridized carbons (Fsp3) is 0.107. The smallest absolute Gasteiger partial charge is 0.335 e. The zero-order chi connectivity index (χ0) is 28.1. The number of hydrogen-bond donors (Lipinski definition) is 2. The van der Waals surface area contributed by atoms with Crippen LogP contribution in [0.1, 0.15) is 16.7 Å². The number of nitrogens with one attached hydrogen (secondary N) is 1. The molecule has 4 rings (SSSR count). The van der Waals surface area contributed by atoms with Gasteiger partial charge in [0.2, 0.25) is 0 Å². The highest BCUT2D eigenvalue weighted by atomic mass is 16.6. The van der Waals surface area contributed by atoms with Crippen molar-refractivity contribution in [3.63, 3.8) is 0 Å². The van der Waals surface area contributed by atoms with Crippen LogP contribution in [0.15, 0.2) is 78.9 Å². The molecule has 0 bridgehead atoms. The number of imide groups is 2. The first-order chi connectivity index (χ1) is 18.7. The Morgan fingerprint density at radius 3 is 2.38 bits per heavy atom. The molecule has 0 unspecified atom stereocenters. The minimum atomic E-state index is -0.909. The molecule has 0 saturated carbocycles. The summed E-state index contributed by atoms with van der Waals surface area (Å²) in [6.45, 7) is 3.87. The number of anilines is 1. The van der Waals surface area contributed by atoms with Gasteiger partial charge in [0.05, 0.1) is 17.7 Å². The van der Waals surface area contributed by atoms with Crippen molar-refractivity contribution in [2.24, 2.45) is 0 Å². The van der Waals surface area contributed by atoms with E-state index in [2.05, 4.69) is 11.9 Å². The molecule has 2 N–H and O–H groups in total. The first-order valence-corrected chi connectivity index (χ1v) is 11.6.